The molecule has 1 heterocycles. The van der Waals surface area contributed by atoms with E-state index in [1.54, 1.807) is 18.6 Å². The molecular weight excluding hydrogens is 1070 g/mol. The van der Waals surface area contributed by atoms with E-state index >= 15 is 0 Å². The molecule has 0 saturated heterocycles. The third-order valence-corrected chi connectivity index (χ3v) is 10.8. The Kier molecular flexibility index (Phi) is 15.8. The minimum Gasteiger partial charge on any atom is -0.388 e. The minimum absolute atomic E-state index is 0.283. The molecule has 0 unspecified atom stereocenters. The zero-order valence-corrected chi connectivity index (χ0v) is 35.9. The average molecular weight is 1090 g/mol. The number of Topliss-reactive ketones (excluding diaryl/α,β-unsaturated/α-hetero) is 1. The number of alkyl halides is 24. The predicted molar refractivity (Wildman–Crippen MR) is 211 cm³/mol. The largest absolute Gasteiger partial charge is 0.416 e. The summed E-state index contributed by atoms with van der Waals surface area (Å²) in [5.41, 5.74) is -28.8. The third kappa shape index (κ3) is 13.5. The predicted octanol–water partition coefficient (Wildman–Crippen LogP) is 11.8. The fraction of sp³-hybridized carbons (Fsp3) is 0.222. The van der Waals surface area contributed by atoms with E-state index in [0.717, 1.165) is 5.56 Å². The molecular formula is C45H25BF24N2O2. The van der Waals surface area contributed by atoms with Crippen molar-refractivity contribution >= 4 is 33.8 Å². The van der Waals surface area contributed by atoms with E-state index in [2.05, 4.69) is 4.98 Å². The van der Waals surface area contributed by atoms with Crippen molar-refractivity contribution in [2.24, 2.45) is 0 Å². The van der Waals surface area contributed by atoms with Gasteiger partial charge in [-0.05, 0) is 24.3 Å². The smallest absolute Gasteiger partial charge is 0.388 e. The maximum Gasteiger partial charge on any atom is 0.416 e. The van der Waals surface area contributed by atoms with Crippen LogP contribution in [0.15, 0.2) is 122 Å². The molecule has 0 saturated carbocycles. The Labute approximate surface area is 398 Å². The second-order valence-electron chi connectivity index (χ2n) is 15.9. The summed E-state index contributed by atoms with van der Waals surface area (Å²) in [6.07, 6.45) is -49.8. The summed E-state index contributed by atoms with van der Waals surface area (Å²) in [7, 11) is 0. The molecule has 0 spiro atoms. The zero-order valence-electron chi connectivity index (χ0n) is 35.9. The number of hydrogen-bond acceptors (Lipinski definition) is 3. The van der Waals surface area contributed by atoms with Gasteiger partial charge in [0.25, 0.3) is 0 Å². The van der Waals surface area contributed by atoms with Gasteiger partial charge in [0.15, 0.2) is 24.6 Å². The number of benzene rings is 5. The highest BCUT2D eigenvalue weighted by molar-refractivity contribution is 7.20. The molecule has 0 radical (unpaired) electrons. The molecule has 0 bridgehead atoms. The van der Waals surface area contributed by atoms with Gasteiger partial charge in [0.05, 0.1) is 50.7 Å². The van der Waals surface area contributed by atoms with Gasteiger partial charge in [0, 0.05) is 5.56 Å². The first-order valence-electron chi connectivity index (χ1n) is 19.9. The molecule has 0 fully saturated rings. The number of aliphatic hydroxyl groups is 1. The molecule has 4 nitrogen and oxygen atoms in total. The van der Waals surface area contributed by atoms with Crippen LogP contribution in [-0.4, -0.2) is 28.6 Å². The summed E-state index contributed by atoms with van der Waals surface area (Å²) >= 11 is 0. The van der Waals surface area contributed by atoms with E-state index in [1.165, 1.54) is 0 Å². The normalized spacial score (nSPS) is 13.4. The van der Waals surface area contributed by atoms with Crippen molar-refractivity contribution in [3.05, 3.63) is 177 Å². The van der Waals surface area contributed by atoms with E-state index in [9.17, 15) is 110 Å². The number of aromatic nitrogens is 2. The van der Waals surface area contributed by atoms with Crippen LogP contribution in [0.3, 0.4) is 0 Å². The fourth-order valence-electron chi connectivity index (χ4n) is 7.62. The highest BCUT2D eigenvalue weighted by Gasteiger charge is 2.47. The number of carbonyl (C=O) groups is 1. The Hall–Kier alpha value is -6.81. The maximum atomic E-state index is 14.2. The monoisotopic (exact) mass is 1090 g/mol. The Morgan fingerprint density at radius 3 is 0.905 bits per heavy atom. The fourth-order valence-corrected chi connectivity index (χ4v) is 7.62. The molecule has 398 valence electrons. The molecule has 0 aliphatic carbocycles. The van der Waals surface area contributed by atoms with Gasteiger partial charge >= 0.3 is 49.4 Å². The number of halogens is 24. The van der Waals surface area contributed by atoms with Crippen molar-refractivity contribution < 1.29 is 120 Å². The van der Waals surface area contributed by atoms with Crippen molar-refractivity contribution in [2.45, 2.75) is 56.0 Å². The van der Waals surface area contributed by atoms with Crippen LogP contribution < -0.4 is 26.4 Å². The quantitative estimate of drug-likeness (QED) is 0.0715. The van der Waals surface area contributed by atoms with Crippen molar-refractivity contribution in [1.29, 1.82) is 0 Å². The topological polar surface area (TPSA) is 54.1 Å². The number of rotatable bonds is 8. The third-order valence-electron chi connectivity index (χ3n) is 10.8. The summed E-state index contributed by atoms with van der Waals surface area (Å²) in [4.78, 5) is 15.2. The lowest BCUT2D eigenvalue weighted by atomic mass is 9.12. The van der Waals surface area contributed by atoms with E-state index < -0.39 is 201 Å². The standard InChI is InChI=1S/C32H12BF24.C13H13N2O2/c34-25(35,36)13-1-14(26(37,38)39)6-21(5-13)33(22-7-15(27(40,41)42)2-16(8-22)28(43,44)45,23-9-17(29(46,47)48)3-18(10-23)30(49,50)51)24-11-19(31(52,53)54)4-20(12-24)32(55,56)57;16-10-13(17)12-9-15(7-6-14-12)8-11-4-2-1-3-5-11/h1-12H;1-7,9,16H,8,10H2/q-1;+1. The van der Waals surface area contributed by atoms with Crippen LogP contribution >= 0.6 is 0 Å². The second kappa shape index (κ2) is 20.1. The van der Waals surface area contributed by atoms with Gasteiger partial charge in [-0.2, -0.15) is 132 Å². The van der Waals surface area contributed by atoms with Crippen LogP contribution in [0.1, 0.15) is 60.6 Å². The van der Waals surface area contributed by atoms with Gasteiger partial charge in [-0.25, -0.2) is 4.98 Å². The molecule has 6 aromatic rings. The highest BCUT2D eigenvalue weighted by atomic mass is 19.4. The molecule has 1 aromatic heterocycles. The van der Waals surface area contributed by atoms with Gasteiger partial charge in [-0.15, -0.1) is 0 Å². The van der Waals surface area contributed by atoms with E-state index in [-0.39, 0.29) is 11.5 Å². The van der Waals surface area contributed by atoms with Crippen molar-refractivity contribution in [2.75, 3.05) is 6.61 Å². The van der Waals surface area contributed by atoms with Gasteiger partial charge < -0.3 is 5.11 Å². The van der Waals surface area contributed by atoms with E-state index in [4.69, 9.17) is 5.11 Å². The molecule has 0 amide bonds. The molecule has 74 heavy (non-hydrogen) atoms. The molecule has 5 aromatic carbocycles. The lowest BCUT2D eigenvalue weighted by molar-refractivity contribution is -0.689. The zero-order chi connectivity index (χ0) is 56.0. The van der Waals surface area contributed by atoms with Crippen LogP contribution in [0.5, 0.6) is 0 Å². The molecule has 0 aliphatic heterocycles. The molecule has 6 rings (SSSR count). The van der Waals surface area contributed by atoms with Crippen LogP contribution in [-0.2, 0) is 56.0 Å². The average Bonchev–Trinajstić information content (AvgIpc) is 3.27. The Bertz CT molecular complexity index is 2550. The highest BCUT2D eigenvalue weighted by Crippen LogP contribution is 2.41. The lowest BCUT2D eigenvalue weighted by Crippen LogP contribution is -2.75. The number of aliphatic hydroxyl groups excluding tert-OH is 1. The van der Waals surface area contributed by atoms with Crippen LogP contribution in [0.4, 0.5) is 105 Å². The summed E-state index contributed by atoms with van der Waals surface area (Å²) in [5, 5.41) is 8.77. The number of nitrogens with zero attached hydrogens (tertiary/aromatic N) is 2. The first-order chi connectivity index (χ1) is 33.6. The van der Waals surface area contributed by atoms with Gasteiger partial charge in [0.1, 0.15) is 12.8 Å². The van der Waals surface area contributed by atoms with Crippen molar-refractivity contribution in [3.63, 3.8) is 0 Å². The van der Waals surface area contributed by atoms with Gasteiger partial charge in [0.2, 0.25) is 5.78 Å². The second-order valence-corrected chi connectivity index (χ2v) is 15.9. The molecule has 1 N–H and O–H groups in total. The van der Waals surface area contributed by atoms with Crippen LogP contribution in [0.25, 0.3) is 0 Å². The Balaban J connectivity index is 0.000000500. The van der Waals surface area contributed by atoms with Gasteiger partial charge in [-0.3, -0.25) is 4.79 Å². The first kappa shape index (κ1) is 58.1. The molecule has 0 aliphatic rings. The molecule has 29 heteroatoms. The molecule has 0 atom stereocenters. The number of ketones is 1. The summed E-state index contributed by atoms with van der Waals surface area (Å²) in [6.45, 7) is 0.164. The van der Waals surface area contributed by atoms with Crippen molar-refractivity contribution in [3.8, 4) is 0 Å². The number of carbonyl (C=O) groups excluding carboxylic acids is 1. The van der Waals surface area contributed by atoms with E-state index in [0.29, 0.717) is 6.54 Å². The minimum atomic E-state index is -6.13. The summed E-state index contributed by atoms with van der Waals surface area (Å²) < 4.78 is 343. The van der Waals surface area contributed by atoms with Crippen LogP contribution in [0.2, 0.25) is 0 Å². The van der Waals surface area contributed by atoms with Crippen LogP contribution in [0, 0.1) is 0 Å². The first-order valence-corrected chi connectivity index (χ1v) is 19.9. The maximum absolute atomic E-state index is 14.2. The van der Waals surface area contributed by atoms with E-state index in [1.807, 2.05) is 34.9 Å². The van der Waals surface area contributed by atoms with Gasteiger partial charge in [-0.1, -0.05) is 78.9 Å². The Morgan fingerprint density at radius 1 is 0.419 bits per heavy atom. The summed E-state index contributed by atoms with van der Waals surface area (Å²) in [5.74, 6) is -0.368. The Morgan fingerprint density at radius 2 is 0.676 bits per heavy atom. The summed E-state index contributed by atoms with van der Waals surface area (Å²) in [6, 6.07) is 1.12. The number of hydrogen-bond donors (Lipinski definition) is 1. The lowest BCUT2D eigenvalue weighted by Gasteiger charge is -2.46. The SMILES string of the molecule is FC(F)(F)c1cc([B-](c2cc(C(F)(F)F)cc(C(F)(F)F)c2)(c2cc(C(F)(F)F)cc(C(F)(F)F)c2)c2cc(C(F)(F)F)cc(C(F)(F)F)c2)cc(C(F)(F)F)c1.O=C(CO)c1c[n+](Cc2ccccc2)ccn1. The van der Waals surface area contributed by atoms with Crippen molar-refractivity contribution in [1.82, 2.24) is 4.98 Å².